The summed E-state index contributed by atoms with van der Waals surface area (Å²) in [6.45, 7) is 4.49. The van der Waals surface area contributed by atoms with Crippen LogP contribution >= 0.6 is 0 Å². The van der Waals surface area contributed by atoms with E-state index in [1.807, 2.05) is 62.4 Å². The zero-order valence-corrected chi connectivity index (χ0v) is 15.3. The normalized spacial score (nSPS) is 10.5. The largest absolute Gasteiger partial charge is 0.489 e. The van der Waals surface area contributed by atoms with E-state index in [0.29, 0.717) is 23.8 Å². The maximum absolute atomic E-state index is 12.6. The number of carbonyl (C=O) groups excluding carboxylic acids is 1. The molecule has 138 valence electrons. The molecule has 0 saturated heterocycles. The third kappa shape index (κ3) is 5.28. The van der Waals surface area contributed by atoms with Crippen molar-refractivity contribution in [2.24, 2.45) is 0 Å². The molecule has 27 heavy (non-hydrogen) atoms. The van der Waals surface area contributed by atoms with Gasteiger partial charge in [-0.05, 0) is 31.5 Å². The fourth-order valence-corrected chi connectivity index (χ4v) is 2.48. The number of aromatic nitrogens is 2. The van der Waals surface area contributed by atoms with Crippen molar-refractivity contribution >= 4 is 17.4 Å². The summed E-state index contributed by atoms with van der Waals surface area (Å²) in [5.41, 5.74) is 2.01. The highest BCUT2D eigenvalue weighted by atomic mass is 16.5. The Hall–Kier alpha value is -3.41. The molecule has 6 nitrogen and oxygen atoms in total. The predicted molar refractivity (Wildman–Crippen MR) is 106 cm³/mol. The first kappa shape index (κ1) is 18.4. The number of carbonyl (C=O) groups is 1. The van der Waals surface area contributed by atoms with Crippen LogP contribution in [0.4, 0.5) is 11.5 Å². The highest BCUT2D eigenvalue weighted by Crippen LogP contribution is 2.25. The van der Waals surface area contributed by atoms with Crippen molar-refractivity contribution in [3.63, 3.8) is 0 Å². The summed E-state index contributed by atoms with van der Waals surface area (Å²) in [4.78, 5) is 20.8. The van der Waals surface area contributed by atoms with E-state index in [1.165, 1.54) is 6.33 Å². The van der Waals surface area contributed by atoms with Crippen LogP contribution in [0.2, 0.25) is 0 Å². The van der Waals surface area contributed by atoms with Crippen molar-refractivity contribution in [1.29, 1.82) is 0 Å². The highest BCUT2D eigenvalue weighted by molar-refractivity contribution is 6.04. The second-order valence-electron chi connectivity index (χ2n) is 6.24. The van der Waals surface area contributed by atoms with Crippen molar-refractivity contribution < 1.29 is 9.53 Å². The quantitative estimate of drug-likeness (QED) is 0.661. The van der Waals surface area contributed by atoms with Crippen LogP contribution in [0, 0.1) is 0 Å². The van der Waals surface area contributed by atoms with Gasteiger partial charge in [0.2, 0.25) is 0 Å². The number of para-hydroxylation sites is 2. The van der Waals surface area contributed by atoms with Crippen LogP contribution in [-0.4, -0.2) is 22.0 Å². The molecule has 0 spiro atoms. The maximum atomic E-state index is 12.6. The van der Waals surface area contributed by atoms with Crippen molar-refractivity contribution in [2.45, 2.75) is 26.5 Å². The minimum Gasteiger partial charge on any atom is -0.489 e. The Morgan fingerprint density at radius 2 is 1.78 bits per heavy atom. The molecule has 0 radical (unpaired) electrons. The van der Waals surface area contributed by atoms with E-state index in [2.05, 4.69) is 20.6 Å². The van der Waals surface area contributed by atoms with Gasteiger partial charge in [0.25, 0.3) is 5.91 Å². The third-order valence-corrected chi connectivity index (χ3v) is 3.71. The SMILES string of the molecule is CC(C)Oc1ccccc1NC(=O)c1cc(NCc2ccccc2)ncn1. The maximum Gasteiger partial charge on any atom is 0.274 e. The number of ether oxygens (including phenoxy) is 1. The van der Waals surface area contributed by atoms with Gasteiger partial charge in [-0.15, -0.1) is 0 Å². The van der Waals surface area contributed by atoms with Crippen LogP contribution in [0.5, 0.6) is 5.75 Å². The van der Waals surface area contributed by atoms with Gasteiger partial charge in [0, 0.05) is 12.6 Å². The topological polar surface area (TPSA) is 76.1 Å². The van der Waals surface area contributed by atoms with Crippen LogP contribution in [0.25, 0.3) is 0 Å². The number of anilines is 2. The lowest BCUT2D eigenvalue weighted by atomic mass is 10.2. The molecule has 0 atom stereocenters. The van der Waals surface area contributed by atoms with Gasteiger partial charge in [-0.3, -0.25) is 4.79 Å². The van der Waals surface area contributed by atoms with Crippen LogP contribution in [0.3, 0.4) is 0 Å². The number of nitrogens with one attached hydrogen (secondary N) is 2. The van der Waals surface area contributed by atoms with Crippen molar-refractivity contribution in [1.82, 2.24) is 9.97 Å². The summed E-state index contributed by atoms with van der Waals surface area (Å²) in [5, 5.41) is 6.05. The average molecular weight is 362 g/mol. The van der Waals surface area contributed by atoms with Crippen molar-refractivity contribution in [3.05, 3.63) is 78.2 Å². The molecule has 2 aromatic carbocycles. The second-order valence-corrected chi connectivity index (χ2v) is 6.24. The van der Waals surface area contributed by atoms with Gasteiger partial charge in [-0.2, -0.15) is 0 Å². The zero-order valence-electron chi connectivity index (χ0n) is 15.3. The fourth-order valence-electron chi connectivity index (χ4n) is 2.48. The van der Waals surface area contributed by atoms with Gasteiger partial charge in [0.1, 0.15) is 23.6 Å². The summed E-state index contributed by atoms with van der Waals surface area (Å²) in [6.07, 6.45) is 1.38. The molecule has 0 saturated carbocycles. The molecular formula is C21H22N4O2. The van der Waals surface area contributed by atoms with Crippen LogP contribution in [0.15, 0.2) is 67.0 Å². The van der Waals surface area contributed by atoms with Crippen molar-refractivity contribution in [2.75, 3.05) is 10.6 Å². The minimum absolute atomic E-state index is 0.0101. The third-order valence-electron chi connectivity index (χ3n) is 3.71. The molecular weight excluding hydrogens is 340 g/mol. The van der Waals surface area contributed by atoms with Gasteiger partial charge < -0.3 is 15.4 Å². The molecule has 3 aromatic rings. The molecule has 0 aliphatic carbocycles. The molecule has 1 heterocycles. The Labute approximate surface area is 158 Å². The Kier molecular flexibility index (Phi) is 5.99. The average Bonchev–Trinajstić information content (AvgIpc) is 2.68. The Morgan fingerprint density at radius 3 is 2.56 bits per heavy atom. The lowest BCUT2D eigenvalue weighted by Gasteiger charge is -2.14. The van der Waals surface area contributed by atoms with Crippen LogP contribution in [0.1, 0.15) is 29.9 Å². The molecule has 1 amide bonds. The fraction of sp³-hybridized carbons (Fsp3) is 0.190. The van der Waals surface area contributed by atoms with Gasteiger partial charge in [0.05, 0.1) is 11.8 Å². The first-order chi connectivity index (χ1) is 13.1. The van der Waals surface area contributed by atoms with Gasteiger partial charge in [-0.1, -0.05) is 42.5 Å². The number of amides is 1. The minimum atomic E-state index is -0.319. The summed E-state index contributed by atoms with van der Waals surface area (Å²) < 4.78 is 5.73. The monoisotopic (exact) mass is 362 g/mol. The first-order valence-corrected chi connectivity index (χ1v) is 8.78. The molecule has 1 aromatic heterocycles. The molecule has 0 fully saturated rings. The molecule has 0 aliphatic heterocycles. The van der Waals surface area contributed by atoms with E-state index in [0.717, 1.165) is 5.56 Å². The lowest BCUT2D eigenvalue weighted by Crippen LogP contribution is -2.16. The van der Waals surface area contributed by atoms with E-state index in [9.17, 15) is 4.79 Å². The molecule has 0 bridgehead atoms. The van der Waals surface area contributed by atoms with E-state index in [-0.39, 0.29) is 17.7 Å². The van der Waals surface area contributed by atoms with Crippen LogP contribution < -0.4 is 15.4 Å². The number of nitrogens with zero attached hydrogens (tertiary/aromatic N) is 2. The number of hydrogen-bond donors (Lipinski definition) is 2. The van der Waals surface area contributed by atoms with Gasteiger partial charge in [0.15, 0.2) is 0 Å². The van der Waals surface area contributed by atoms with Crippen LogP contribution in [-0.2, 0) is 6.54 Å². The molecule has 6 heteroatoms. The molecule has 2 N–H and O–H groups in total. The van der Waals surface area contributed by atoms with E-state index in [4.69, 9.17) is 4.74 Å². The first-order valence-electron chi connectivity index (χ1n) is 8.78. The summed E-state index contributed by atoms with van der Waals surface area (Å²) in [7, 11) is 0. The Morgan fingerprint density at radius 1 is 1.04 bits per heavy atom. The smallest absolute Gasteiger partial charge is 0.274 e. The van der Waals surface area contributed by atoms with Gasteiger partial charge >= 0.3 is 0 Å². The van der Waals surface area contributed by atoms with Gasteiger partial charge in [-0.25, -0.2) is 9.97 Å². The standard InChI is InChI=1S/C21H22N4O2/c1-15(2)27-19-11-7-6-10-17(19)25-21(26)18-12-20(24-14-23-18)22-13-16-8-4-3-5-9-16/h3-12,14-15H,13H2,1-2H3,(H,25,26)(H,22,23,24). The summed E-state index contributed by atoms with van der Waals surface area (Å²) in [5.74, 6) is 0.892. The molecule has 0 unspecified atom stereocenters. The van der Waals surface area contributed by atoms with E-state index >= 15 is 0 Å². The Balaban J connectivity index is 1.69. The summed E-state index contributed by atoms with van der Waals surface area (Å²) in [6, 6.07) is 18.9. The number of rotatable bonds is 7. The van der Waals surface area contributed by atoms with E-state index in [1.54, 1.807) is 12.1 Å². The van der Waals surface area contributed by atoms with E-state index < -0.39 is 0 Å². The molecule has 3 rings (SSSR count). The second kappa shape index (κ2) is 8.80. The zero-order chi connectivity index (χ0) is 19.1. The van der Waals surface area contributed by atoms with Crippen molar-refractivity contribution in [3.8, 4) is 5.75 Å². The number of hydrogen-bond acceptors (Lipinski definition) is 5. The summed E-state index contributed by atoms with van der Waals surface area (Å²) >= 11 is 0. The Bertz CT molecular complexity index is 897. The number of benzene rings is 2. The predicted octanol–water partition coefficient (Wildman–Crippen LogP) is 4.13. The highest BCUT2D eigenvalue weighted by Gasteiger charge is 2.12. The molecule has 0 aliphatic rings. The lowest BCUT2D eigenvalue weighted by molar-refractivity contribution is 0.102.